The second-order valence-electron chi connectivity index (χ2n) is 6.73. The molecule has 2 aliphatic rings. The minimum absolute atomic E-state index is 0.454. The molecule has 116 valence electrons. The van der Waals surface area contributed by atoms with Crippen LogP contribution >= 0.6 is 11.8 Å². The van der Waals surface area contributed by atoms with E-state index in [4.69, 9.17) is 0 Å². The lowest BCUT2D eigenvalue weighted by molar-refractivity contribution is 0.0463. The van der Waals surface area contributed by atoms with Gasteiger partial charge in [-0.25, -0.2) is 0 Å². The van der Waals surface area contributed by atoms with Gasteiger partial charge in [0.2, 0.25) is 0 Å². The average molecular weight is 305 g/mol. The highest BCUT2D eigenvalue weighted by Crippen LogP contribution is 2.33. The summed E-state index contributed by atoms with van der Waals surface area (Å²) in [7, 11) is 2.33. The van der Waals surface area contributed by atoms with Gasteiger partial charge in [0.25, 0.3) is 0 Å². The number of thioether (sulfide) groups is 1. The average Bonchev–Trinajstić information content (AvgIpc) is 2.48. The first-order chi connectivity index (χ1) is 10.2. The van der Waals surface area contributed by atoms with Crippen molar-refractivity contribution in [1.82, 2.24) is 10.2 Å². The summed E-state index contributed by atoms with van der Waals surface area (Å²) in [6, 6.07) is 11.8. The SMILES string of the molecule is CSc1ccc(C(C)NC2CC3CCCC(C2)N3C)cc1. The molecule has 2 bridgehead atoms. The van der Waals surface area contributed by atoms with E-state index >= 15 is 0 Å². The van der Waals surface area contributed by atoms with Crippen LogP contribution in [0.1, 0.15) is 50.6 Å². The third-order valence-electron chi connectivity index (χ3n) is 5.44. The van der Waals surface area contributed by atoms with Gasteiger partial charge in [-0.1, -0.05) is 18.6 Å². The van der Waals surface area contributed by atoms with E-state index in [2.05, 4.69) is 54.7 Å². The molecule has 2 fully saturated rings. The number of rotatable bonds is 4. The molecule has 2 saturated heterocycles. The van der Waals surface area contributed by atoms with E-state index in [-0.39, 0.29) is 0 Å². The molecule has 2 aliphatic heterocycles. The fourth-order valence-electron chi connectivity index (χ4n) is 4.09. The van der Waals surface area contributed by atoms with Gasteiger partial charge in [0.1, 0.15) is 0 Å². The lowest BCUT2D eigenvalue weighted by atomic mass is 9.82. The molecule has 1 aromatic rings. The minimum atomic E-state index is 0.454. The lowest BCUT2D eigenvalue weighted by Gasteiger charge is -2.47. The number of benzene rings is 1. The lowest BCUT2D eigenvalue weighted by Crippen LogP contribution is -2.54. The van der Waals surface area contributed by atoms with Crippen molar-refractivity contribution in [3.05, 3.63) is 29.8 Å². The van der Waals surface area contributed by atoms with Crippen molar-refractivity contribution >= 4 is 11.8 Å². The molecule has 0 aromatic heterocycles. The molecule has 0 saturated carbocycles. The summed E-state index contributed by atoms with van der Waals surface area (Å²) in [5, 5.41) is 3.89. The van der Waals surface area contributed by atoms with Crippen molar-refractivity contribution in [2.24, 2.45) is 0 Å². The third-order valence-corrected chi connectivity index (χ3v) is 6.18. The van der Waals surface area contributed by atoms with Gasteiger partial charge in [-0.2, -0.15) is 0 Å². The van der Waals surface area contributed by atoms with Gasteiger partial charge in [0, 0.05) is 29.1 Å². The predicted octanol–water partition coefficient (Wildman–Crippen LogP) is 4.07. The normalized spacial score (nSPS) is 31.1. The molecular formula is C18H28N2S. The molecule has 21 heavy (non-hydrogen) atoms. The van der Waals surface area contributed by atoms with Crippen LogP contribution in [0.5, 0.6) is 0 Å². The summed E-state index contributed by atoms with van der Waals surface area (Å²) in [5.41, 5.74) is 1.41. The first kappa shape index (κ1) is 15.4. The van der Waals surface area contributed by atoms with Gasteiger partial charge in [-0.05, 0) is 63.6 Å². The maximum atomic E-state index is 3.89. The van der Waals surface area contributed by atoms with Crippen molar-refractivity contribution in [3.63, 3.8) is 0 Å². The molecule has 3 unspecified atom stereocenters. The van der Waals surface area contributed by atoms with Gasteiger partial charge in [0.15, 0.2) is 0 Å². The summed E-state index contributed by atoms with van der Waals surface area (Å²) in [4.78, 5) is 3.99. The Morgan fingerprint density at radius 3 is 2.33 bits per heavy atom. The summed E-state index contributed by atoms with van der Waals surface area (Å²) < 4.78 is 0. The molecular weight excluding hydrogens is 276 g/mol. The topological polar surface area (TPSA) is 15.3 Å². The van der Waals surface area contributed by atoms with E-state index in [0.717, 1.165) is 12.1 Å². The molecule has 3 heteroatoms. The molecule has 0 aliphatic carbocycles. The van der Waals surface area contributed by atoms with E-state index < -0.39 is 0 Å². The highest BCUT2D eigenvalue weighted by molar-refractivity contribution is 7.98. The van der Waals surface area contributed by atoms with Crippen LogP contribution in [0.2, 0.25) is 0 Å². The smallest absolute Gasteiger partial charge is 0.0294 e. The zero-order valence-electron chi connectivity index (χ0n) is 13.5. The molecule has 0 spiro atoms. The number of fused-ring (bicyclic) bond motifs is 2. The zero-order valence-corrected chi connectivity index (χ0v) is 14.3. The highest BCUT2D eigenvalue weighted by atomic mass is 32.2. The van der Waals surface area contributed by atoms with Crippen LogP contribution in [0, 0.1) is 0 Å². The number of piperidine rings is 2. The maximum absolute atomic E-state index is 3.89. The number of nitrogens with one attached hydrogen (secondary N) is 1. The standard InChI is InChI=1S/C18H28N2S/c1-13(14-7-9-18(21-3)10-8-14)19-15-11-16-5-4-6-17(12-15)20(16)2/h7-10,13,15-17,19H,4-6,11-12H2,1-3H3. The molecule has 1 aromatic carbocycles. The van der Waals surface area contributed by atoms with Crippen LogP contribution in [-0.4, -0.2) is 36.3 Å². The Hall–Kier alpha value is -0.510. The van der Waals surface area contributed by atoms with Crippen LogP contribution < -0.4 is 5.32 Å². The third kappa shape index (κ3) is 3.46. The second-order valence-corrected chi connectivity index (χ2v) is 7.61. The molecule has 3 rings (SSSR count). The van der Waals surface area contributed by atoms with Crippen molar-refractivity contribution in [2.45, 2.75) is 68.1 Å². The molecule has 2 heterocycles. The minimum Gasteiger partial charge on any atom is -0.307 e. The quantitative estimate of drug-likeness (QED) is 0.844. The van der Waals surface area contributed by atoms with Gasteiger partial charge in [-0.3, -0.25) is 0 Å². The van der Waals surface area contributed by atoms with Crippen LogP contribution in [-0.2, 0) is 0 Å². The summed E-state index contributed by atoms with van der Waals surface area (Å²) in [6.07, 6.45) is 8.98. The summed E-state index contributed by atoms with van der Waals surface area (Å²) in [5.74, 6) is 0. The summed E-state index contributed by atoms with van der Waals surface area (Å²) >= 11 is 1.81. The first-order valence-electron chi connectivity index (χ1n) is 8.29. The number of nitrogens with zero attached hydrogens (tertiary/aromatic N) is 1. The number of hydrogen-bond donors (Lipinski definition) is 1. The van der Waals surface area contributed by atoms with Crippen molar-refractivity contribution in [1.29, 1.82) is 0 Å². The number of hydrogen-bond acceptors (Lipinski definition) is 3. The molecule has 2 nitrogen and oxygen atoms in total. The monoisotopic (exact) mass is 304 g/mol. The largest absolute Gasteiger partial charge is 0.307 e. The Kier molecular flexibility index (Phi) is 4.92. The van der Waals surface area contributed by atoms with Crippen LogP contribution in [0.3, 0.4) is 0 Å². The molecule has 0 radical (unpaired) electrons. The van der Waals surface area contributed by atoms with E-state index in [1.807, 2.05) is 11.8 Å². The van der Waals surface area contributed by atoms with Gasteiger partial charge in [-0.15, -0.1) is 11.8 Å². The van der Waals surface area contributed by atoms with Gasteiger partial charge < -0.3 is 10.2 Å². The van der Waals surface area contributed by atoms with E-state index in [1.54, 1.807) is 0 Å². The fraction of sp³-hybridized carbons (Fsp3) is 0.667. The Balaban J connectivity index is 1.60. The first-order valence-corrected chi connectivity index (χ1v) is 9.51. The molecule has 1 N–H and O–H groups in total. The Morgan fingerprint density at radius 2 is 1.76 bits per heavy atom. The van der Waals surface area contributed by atoms with Crippen molar-refractivity contribution in [2.75, 3.05) is 13.3 Å². The fourth-order valence-corrected chi connectivity index (χ4v) is 4.50. The van der Waals surface area contributed by atoms with Crippen molar-refractivity contribution in [3.8, 4) is 0 Å². The van der Waals surface area contributed by atoms with E-state index in [0.29, 0.717) is 12.1 Å². The molecule has 3 atom stereocenters. The van der Waals surface area contributed by atoms with Gasteiger partial charge in [0.05, 0.1) is 0 Å². The Bertz CT molecular complexity index is 445. The van der Waals surface area contributed by atoms with Crippen LogP contribution in [0.4, 0.5) is 0 Å². The maximum Gasteiger partial charge on any atom is 0.0294 e. The van der Waals surface area contributed by atoms with E-state index in [1.165, 1.54) is 42.6 Å². The predicted molar refractivity (Wildman–Crippen MR) is 92.0 cm³/mol. The highest BCUT2D eigenvalue weighted by Gasteiger charge is 2.36. The summed E-state index contributed by atoms with van der Waals surface area (Å²) in [6.45, 7) is 2.31. The Morgan fingerprint density at radius 1 is 1.14 bits per heavy atom. The Labute approximate surface area is 133 Å². The van der Waals surface area contributed by atoms with E-state index in [9.17, 15) is 0 Å². The van der Waals surface area contributed by atoms with Crippen molar-refractivity contribution < 1.29 is 0 Å². The zero-order chi connectivity index (χ0) is 14.8. The van der Waals surface area contributed by atoms with Gasteiger partial charge >= 0.3 is 0 Å². The second kappa shape index (κ2) is 6.72. The van der Waals surface area contributed by atoms with Crippen LogP contribution in [0.25, 0.3) is 0 Å². The van der Waals surface area contributed by atoms with Crippen LogP contribution in [0.15, 0.2) is 29.2 Å². The molecule has 0 amide bonds.